The molecule has 0 atom stereocenters. The van der Waals surface area contributed by atoms with Crippen LogP contribution in [0.2, 0.25) is 0 Å². The number of methoxy groups -OCH3 is 4. The molecule has 0 aliphatic heterocycles. The molecule has 33 heavy (non-hydrogen) atoms. The van der Waals surface area contributed by atoms with Gasteiger partial charge in [-0.15, -0.1) is 0 Å². The molecular formula is C27H26O6. The van der Waals surface area contributed by atoms with Crippen molar-refractivity contribution in [2.24, 2.45) is 0 Å². The molecule has 3 aromatic rings. The van der Waals surface area contributed by atoms with Gasteiger partial charge in [0, 0.05) is 17.6 Å². The third-order valence-electron chi connectivity index (χ3n) is 5.24. The summed E-state index contributed by atoms with van der Waals surface area (Å²) < 4.78 is 20.7. The van der Waals surface area contributed by atoms with E-state index in [1.807, 2.05) is 24.3 Å². The van der Waals surface area contributed by atoms with E-state index in [2.05, 4.69) is 0 Å². The Bertz CT molecular complexity index is 1130. The van der Waals surface area contributed by atoms with Gasteiger partial charge >= 0.3 is 5.97 Å². The Morgan fingerprint density at radius 1 is 0.606 bits per heavy atom. The molecule has 0 spiro atoms. The van der Waals surface area contributed by atoms with Crippen molar-refractivity contribution in [2.75, 3.05) is 28.4 Å². The first-order chi connectivity index (χ1) is 16.0. The molecule has 0 radical (unpaired) electrons. The zero-order valence-electron chi connectivity index (χ0n) is 19.1. The number of carbonyl (C=O) groups excluding carboxylic acids is 2. The maximum atomic E-state index is 13.7. The van der Waals surface area contributed by atoms with Crippen LogP contribution in [0, 0.1) is 0 Å². The van der Waals surface area contributed by atoms with Crippen molar-refractivity contribution in [2.45, 2.75) is 6.42 Å². The Labute approximate surface area is 193 Å². The number of esters is 1. The zero-order valence-corrected chi connectivity index (χ0v) is 19.1. The summed E-state index contributed by atoms with van der Waals surface area (Å²) in [4.78, 5) is 26.6. The van der Waals surface area contributed by atoms with Crippen molar-refractivity contribution in [3.05, 3.63) is 95.1 Å². The van der Waals surface area contributed by atoms with Gasteiger partial charge in [-0.1, -0.05) is 24.3 Å². The van der Waals surface area contributed by atoms with Gasteiger partial charge in [-0.05, 0) is 59.7 Å². The van der Waals surface area contributed by atoms with Gasteiger partial charge in [-0.2, -0.15) is 0 Å². The number of ether oxygens (including phenoxy) is 4. The fourth-order valence-electron chi connectivity index (χ4n) is 3.42. The summed E-state index contributed by atoms with van der Waals surface area (Å²) >= 11 is 0. The van der Waals surface area contributed by atoms with Gasteiger partial charge in [0.25, 0.3) is 0 Å². The highest BCUT2D eigenvalue weighted by Crippen LogP contribution is 2.29. The standard InChI is InChI=1S/C27H26O6/c1-30-21-11-5-18(6-12-21)17-24(26(28)20-9-15-23(32-3)16-10-20)25(27(29)33-4)19-7-13-22(31-2)14-8-19/h5-16H,17H2,1-4H3/b25-24-. The van der Waals surface area contributed by atoms with Crippen molar-refractivity contribution in [3.8, 4) is 17.2 Å². The highest BCUT2D eigenvalue weighted by Gasteiger charge is 2.25. The SMILES string of the molecule is COC(=O)/C(=C(/Cc1ccc(OC)cc1)C(=O)c1ccc(OC)cc1)c1ccc(OC)cc1. The van der Waals surface area contributed by atoms with Crippen LogP contribution in [-0.4, -0.2) is 40.2 Å². The van der Waals surface area contributed by atoms with Crippen LogP contribution in [0.15, 0.2) is 78.4 Å². The number of hydrogen-bond acceptors (Lipinski definition) is 6. The van der Waals surface area contributed by atoms with E-state index < -0.39 is 5.97 Å². The van der Waals surface area contributed by atoms with Crippen LogP contribution in [-0.2, 0) is 16.0 Å². The van der Waals surface area contributed by atoms with E-state index in [4.69, 9.17) is 18.9 Å². The van der Waals surface area contributed by atoms with Gasteiger partial charge in [0.05, 0.1) is 34.0 Å². The van der Waals surface area contributed by atoms with Gasteiger partial charge < -0.3 is 18.9 Å². The van der Waals surface area contributed by atoms with Crippen molar-refractivity contribution in [3.63, 3.8) is 0 Å². The molecule has 170 valence electrons. The molecule has 6 nitrogen and oxygen atoms in total. The lowest BCUT2D eigenvalue weighted by Gasteiger charge is -2.15. The van der Waals surface area contributed by atoms with Crippen LogP contribution in [0.4, 0.5) is 0 Å². The molecule has 0 aliphatic rings. The molecule has 3 rings (SSSR count). The minimum Gasteiger partial charge on any atom is -0.497 e. The summed E-state index contributed by atoms with van der Waals surface area (Å²) in [5.74, 6) is 1.11. The Morgan fingerprint density at radius 3 is 1.45 bits per heavy atom. The Kier molecular flexibility index (Phi) is 7.86. The van der Waals surface area contributed by atoms with Crippen LogP contribution in [0.25, 0.3) is 5.57 Å². The van der Waals surface area contributed by atoms with Crippen LogP contribution < -0.4 is 14.2 Å². The molecule has 0 saturated heterocycles. The summed E-state index contributed by atoms with van der Waals surface area (Å²) in [7, 11) is 6.01. The van der Waals surface area contributed by atoms with Crippen molar-refractivity contribution in [1.82, 2.24) is 0 Å². The first-order valence-corrected chi connectivity index (χ1v) is 10.3. The molecule has 3 aromatic carbocycles. The van der Waals surface area contributed by atoms with E-state index in [0.29, 0.717) is 33.9 Å². The minimum absolute atomic E-state index is 0.205. The third kappa shape index (κ3) is 5.60. The van der Waals surface area contributed by atoms with Crippen LogP contribution >= 0.6 is 0 Å². The monoisotopic (exact) mass is 446 g/mol. The summed E-state index contributed by atoms with van der Waals surface area (Å²) in [5.41, 5.74) is 2.38. The van der Waals surface area contributed by atoms with Gasteiger partial charge in [0.1, 0.15) is 17.2 Å². The first-order valence-electron chi connectivity index (χ1n) is 10.3. The minimum atomic E-state index is -0.592. The smallest absolute Gasteiger partial charge is 0.338 e. The second-order valence-corrected chi connectivity index (χ2v) is 7.16. The summed E-state index contributed by atoms with van der Waals surface area (Å²) in [6.07, 6.45) is 0.227. The number of Topliss-reactive ketones (excluding diaryl/α,β-unsaturated/α-hetero) is 1. The lowest BCUT2D eigenvalue weighted by Crippen LogP contribution is -2.15. The predicted molar refractivity (Wildman–Crippen MR) is 126 cm³/mol. The molecule has 0 fully saturated rings. The first kappa shape index (κ1) is 23.6. The van der Waals surface area contributed by atoms with Gasteiger partial charge in [-0.3, -0.25) is 4.79 Å². The molecule has 6 heteroatoms. The van der Waals surface area contributed by atoms with E-state index in [0.717, 1.165) is 5.56 Å². The van der Waals surface area contributed by atoms with Crippen LogP contribution in [0.3, 0.4) is 0 Å². The Morgan fingerprint density at radius 2 is 1.03 bits per heavy atom. The fraction of sp³-hybridized carbons (Fsp3) is 0.185. The van der Waals surface area contributed by atoms with Gasteiger partial charge in [0.15, 0.2) is 5.78 Å². The van der Waals surface area contributed by atoms with E-state index >= 15 is 0 Å². The molecule has 0 bridgehead atoms. The summed E-state index contributed by atoms with van der Waals surface area (Å²) in [6, 6.07) is 21.1. The van der Waals surface area contributed by atoms with E-state index in [1.54, 1.807) is 69.9 Å². The van der Waals surface area contributed by atoms with Crippen molar-refractivity contribution < 1.29 is 28.5 Å². The molecular weight excluding hydrogens is 420 g/mol. The lowest BCUT2D eigenvalue weighted by molar-refractivity contribution is -0.133. The van der Waals surface area contributed by atoms with Crippen LogP contribution in [0.5, 0.6) is 17.2 Å². The van der Waals surface area contributed by atoms with Gasteiger partial charge in [0.2, 0.25) is 0 Å². The number of carbonyl (C=O) groups is 2. The average Bonchev–Trinajstić information content (AvgIpc) is 2.88. The summed E-state index contributed by atoms with van der Waals surface area (Å²) in [6.45, 7) is 0. The number of rotatable bonds is 9. The number of hydrogen-bond donors (Lipinski definition) is 0. The fourth-order valence-corrected chi connectivity index (χ4v) is 3.42. The van der Waals surface area contributed by atoms with Crippen molar-refractivity contribution in [1.29, 1.82) is 0 Å². The topological polar surface area (TPSA) is 71.1 Å². The quantitative estimate of drug-likeness (QED) is 0.268. The van der Waals surface area contributed by atoms with E-state index in [-0.39, 0.29) is 17.8 Å². The highest BCUT2D eigenvalue weighted by atomic mass is 16.5. The molecule has 0 amide bonds. The van der Waals surface area contributed by atoms with Crippen molar-refractivity contribution >= 4 is 17.3 Å². The predicted octanol–water partition coefficient (Wildman–Crippen LogP) is 4.76. The summed E-state index contributed by atoms with van der Waals surface area (Å²) in [5, 5.41) is 0. The van der Waals surface area contributed by atoms with Gasteiger partial charge in [-0.25, -0.2) is 4.79 Å². The largest absolute Gasteiger partial charge is 0.497 e. The number of benzene rings is 3. The molecule has 0 saturated carbocycles. The molecule has 0 N–H and O–H groups in total. The average molecular weight is 446 g/mol. The van der Waals surface area contributed by atoms with E-state index in [1.165, 1.54) is 7.11 Å². The molecule has 0 aliphatic carbocycles. The molecule has 0 heterocycles. The molecule has 0 unspecified atom stereocenters. The Balaban J connectivity index is 2.17. The third-order valence-corrected chi connectivity index (χ3v) is 5.24. The number of ketones is 1. The highest BCUT2D eigenvalue weighted by molar-refractivity contribution is 6.26. The lowest BCUT2D eigenvalue weighted by atomic mass is 9.89. The normalized spacial score (nSPS) is 11.3. The zero-order chi connectivity index (χ0) is 23.8. The van der Waals surface area contributed by atoms with Crippen LogP contribution in [0.1, 0.15) is 21.5 Å². The maximum Gasteiger partial charge on any atom is 0.338 e. The Hall–Kier alpha value is -4.06. The maximum absolute atomic E-state index is 13.7. The second kappa shape index (κ2) is 11.0. The number of allylic oxidation sites excluding steroid dienone is 1. The molecule has 0 aromatic heterocycles. The second-order valence-electron chi connectivity index (χ2n) is 7.16. The van der Waals surface area contributed by atoms with E-state index in [9.17, 15) is 9.59 Å².